The predicted octanol–water partition coefficient (Wildman–Crippen LogP) is 1.44. The van der Waals surface area contributed by atoms with Gasteiger partial charge < -0.3 is 4.90 Å². The fourth-order valence-electron chi connectivity index (χ4n) is 2.10. The zero-order valence-corrected chi connectivity index (χ0v) is 9.92. The van der Waals surface area contributed by atoms with Crippen molar-refractivity contribution in [2.45, 2.75) is 25.2 Å². The van der Waals surface area contributed by atoms with Crippen LogP contribution < -0.4 is 0 Å². The minimum atomic E-state index is -4.56. The fourth-order valence-corrected chi connectivity index (χ4v) is 2.10. The maximum atomic E-state index is 12.9. The molecule has 7 heteroatoms. The van der Waals surface area contributed by atoms with Crippen molar-refractivity contribution in [1.29, 1.82) is 0 Å². The lowest BCUT2D eigenvalue weighted by atomic mass is 10.2. The molecule has 0 bridgehead atoms. The van der Waals surface area contributed by atoms with Crippen molar-refractivity contribution in [2.24, 2.45) is 5.92 Å². The first-order valence-corrected chi connectivity index (χ1v) is 6.09. The summed E-state index contributed by atoms with van der Waals surface area (Å²) < 4.78 is 49.9. The number of hydrogen-bond donors (Lipinski definition) is 0. The number of amides is 1. The molecule has 3 nitrogen and oxygen atoms in total. The zero-order valence-electron chi connectivity index (χ0n) is 9.92. The van der Waals surface area contributed by atoms with Crippen LogP contribution in [0.15, 0.2) is 0 Å². The van der Waals surface area contributed by atoms with Gasteiger partial charge in [-0.1, -0.05) is 0 Å². The van der Waals surface area contributed by atoms with E-state index in [0.717, 1.165) is 11.4 Å². The van der Waals surface area contributed by atoms with Crippen LogP contribution in [-0.2, 0) is 4.79 Å². The van der Waals surface area contributed by atoms with Gasteiger partial charge in [-0.05, 0) is 18.8 Å². The lowest BCUT2D eigenvalue weighted by molar-refractivity contribution is -0.182. The first kappa shape index (κ1) is 13.6. The summed E-state index contributed by atoms with van der Waals surface area (Å²) in [6, 6.07) is 0. The number of piperazine rings is 1. The Morgan fingerprint density at radius 1 is 1.17 bits per heavy atom. The van der Waals surface area contributed by atoms with Gasteiger partial charge in [-0.15, -0.1) is 0 Å². The molecule has 0 unspecified atom stereocenters. The Labute approximate surface area is 103 Å². The van der Waals surface area contributed by atoms with Crippen molar-refractivity contribution in [3.8, 4) is 0 Å². The normalized spacial score (nSPS) is 22.6. The van der Waals surface area contributed by atoms with E-state index < -0.39 is 18.3 Å². The second-order valence-corrected chi connectivity index (χ2v) is 4.96. The molecule has 1 saturated heterocycles. The third-order valence-corrected chi connectivity index (χ3v) is 3.43. The largest absolute Gasteiger partial charge is 0.383 e. The smallest absolute Gasteiger partial charge is 0.335 e. The van der Waals surface area contributed by atoms with Crippen molar-refractivity contribution in [3.05, 3.63) is 0 Å². The highest BCUT2D eigenvalue weighted by atomic mass is 19.3. The molecule has 2 aliphatic rings. The highest BCUT2D eigenvalue weighted by Crippen LogP contribution is 2.30. The standard InChI is InChI=1S/C11H16F4N2O/c12-9(13)11(14,15)10(18)17-5-3-16(4-6-17)7-8-1-2-8/h8-9H,1-7H2. The Hall–Kier alpha value is -0.850. The topological polar surface area (TPSA) is 23.6 Å². The molecule has 0 atom stereocenters. The van der Waals surface area contributed by atoms with Gasteiger partial charge in [0, 0.05) is 32.7 Å². The molecular weight excluding hydrogens is 252 g/mol. The number of alkyl halides is 4. The van der Waals surface area contributed by atoms with E-state index in [1.54, 1.807) is 0 Å². The molecule has 0 aromatic carbocycles. The molecule has 1 aliphatic carbocycles. The summed E-state index contributed by atoms with van der Waals surface area (Å²) >= 11 is 0. The summed E-state index contributed by atoms with van der Waals surface area (Å²) in [5.41, 5.74) is 0. The van der Waals surface area contributed by atoms with Gasteiger partial charge in [0.25, 0.3) is 5.91 Å². The second-order valence-electron chi connectivity index (χ2n) is 4.96. The highest BCUT2D eigenvalue weighted by Gasteiger charge is 2.51. The van der Waals surface area contributed by atoms with Crippen LogP contribution >= 0.6 is 0 Å². The third kappa shape index (κ3) is 2.93. The number of carbonyl (C=O) groups excluding carboxylic acids is 1. The van der Waals surface area contributed by atoms with Gasteiger partial charge in [0.1, 0.15) is 0 Å². The Kier molecular flexibility index (Phi) is 3.79. The zero-order chi connectivity index (χ0) is 13.3. The van der Waals surface area contributed by atoms with Crippen molar-refractivity contribution in [2.75, 3.05) is 32.7 Å². The summed E-state index contributed by atoms with van der Waals surface area (Å²) in [6.45, 7) is 2.11. The summed E-state index contributed by atoms with van der Waals surface area (Å²) in [5, 5.41) is 0. The average Bonchev–Trinajstić information content (AvgIpc) is 3.13. The fraction of sp³-hybridized carbons (Fsp3) is 0.909. The molecule has 0 radical (unpaired) electrons. The molecule has 1 amide bonds. The second kappa shape index (κ2) is 5.03. The predicted molar refractivity (Wildman–Crippen MR) is 56.7 cm³/mol. The first-order chi connectivity index (χ1) is 8.41. The molecule has 1 heterocycles. The van der Waals surface area contributed by atoms with Crippen LogP contribution in [0, 0.1) is 5.92 Å². The third-order valence-electron chi connectivity index (χ3n) is 3.43. The molecular formula is C11H16F4N2O. The van der Waals surface area contributed by atoms with Crippen LogP contribution in [0.1, 0.15) is 12.8 Å². The lowest BCUT2D eigenvalue weighted by Crippen LogP contribution is -2.55. The van der Waals surface area contributed by atoms with E-state index in [9.17, 15) is 22.4 Å². The number of carbonyl (C=O) groups is 1. The van der Waals surface area contributed by atoms with Gasteiger partial charge in [-0.25, -0.2) is 8.78 Å². The van der Waals surface area contributed by atoms with Crippen LogP contribution in [0.2, 0.25) is 0 Å². The van der Waals surface area contributed by atoms with E-state index >= 15 is 0 Å². The Morgan fingerprint density at radius 3 is 2.17 bits per heavy atom. The Morgan fingerprint density at radius 2 is 1.72 bits per heavy atom. The minimum absolute atomic E-state index is 0.105. The number of nitrogens with zero attached hydrogens (tertiary/aromatic N) is 2. The van der Waals surface area contributed by atoms with Gasteiger partial charge in [0.05, 0.1) is 0 Å². The molecule has 0 aromatic heterocycles. The van der Waals surface area contributed by atoms with Crippen molar-refractivity contribution < 1.29 is 22.4 Å². The van der Waals surface area contributed by atoms with Gasteiger partial charge in [-0.3, -0.25) is 9.69 Å². The summed E-state index contributed by atoms with van der Waals surface area (Å²) in [7, 11) is 0. The maximum absolute atomic E-state index is 12.9. The first-order valence-electron chi connectivity index (χ1n) is 6.09. The molecule has 18 heavy (non-hydrogen) atoms. The van der Waals surface area contributed by atoms with E-state index in [2.05, 4.69) is 4.90 Å². The van der Waals surface area contributed by atoms with Crippen LogP contribution in [0.4, 0.5) is 17.6 Å². The SMILES string of the molecule is O=C(N1CCN(CC2CC2)CC1)C(F)(F)C(F)F. The van der Waals surface area contributed by atoms with Crippen LogP contribution in [0.25, 0.3) is 0 Å². The molecule has 104 valence electrons. The van der Waals surface area contributed by atoms with Gasteiger partial charge in [-0.2, -0.15) is 8.78 Å². The summed E-state index contributed by atoms with van der Waals surface area (Å²) in [5.74, 6) is -5.61. The molecule has 1 saturated carbocycles. The van der Waals surface area contributed by atoms with Crippen molar-refractivity contribution in [1.82, 2.24) is 9.80 Å². The quantitative estimate of drug-likeness (QED) is 0.720. The molecule has 0 aromatic rings. The number of hydrogen-bond acceptors (Lipinski definition) is 2. The molecule has 0 spiro atoms. The van der Waals surface area contributed by atoms with E-state index in [4.69, 9.17) is 0 Å². The maximum Gasteiger partial charge on any atom is 0.383 e. The summed E-state index contributed by atoms with van der Waals surface area (Å²) in [4.78, 5) is 14.2. The monoisotopic (exact) mass is 268 g/mol. The van der Waals surface area contributed by atoms with Gasteiger partial charge in [0.15, 0.2) is 0 Å². The van der Waals surface area contributed by atoms with Crippen molar-refractivity contribution >= 4 is 5.91 Å². The van der Waals surface area contributed by atoms with E-state index in [0.29, 0.717) is 19.0 Å². The molecule has 2 rings (SSSR count). The Balaban J connectivity index is 1.83. The van der Waals surface area contributed by atoms with Crippen LogP contribution in [0.3, 0.4) is 0 Å². The lowest BCUT2D eigenvalue weighted by Gasteiger charge is -2.36. The minimum Gasteiger partial charge on any atom is -0.335 e. The van der Waals surface area contributed by atoms with E-state index in [-0.39, 0.29) is 13.1 Å². The van der Waals surface area contributed by atoms with Crippen molar-refractivity contribution in [3.63, 3.8) is 0 Å². The molecule has 0 N–H and O–H groups in total. The number of halogens is 4. The molecule has 2 fully saturated rings. The van der Waals surface area contributed by atoms with Gasteiger partial charge >= 0.3 is 12.3 Å². The van der Waals surface area contributed by atoms with Gasteiger partial charge in [0.2, 0.25) is 0 Å². The van der Waals surface area contributed by atoms with E-state index in [1.807, 2.05) is 0 Å². The van der Waals surface area contributed by atoms with Crippen LogP contribution in [0.5, 0.6) is 0 Å². The van der Waals surface area contributed by atoms with E-state index in [1.165, 1.54) is 12.8 Å². The Bertz CT molecular complexity index is 312. The number of rotatable bonds is 4. The van der Waals surface area contributed by atoms with Crippen LogP contribution in [-0.4, -0.2) is 60.8 Å². The highest BCUT2D eigenvalue weighted by molar-refractivity contribution is 5.84. The average molecular weight is 268 g/mol. The summed E-state index contributed by atoms with van der Waals surface area (Å²) in [6.07, 6.45) is -1.54. The molecule has 1 aliphatic heterocycles.